The maximum absolute atomic E-state index is 11.6. The number of piperidine rings is 1. The summed E-state index contributed by atoms with van der Waals surface area (Å²) in [6, 6.07) is 2.63. The standard InChI is InChI=1S/C12H15ClN4O3/c1-14-12(18)8-2-4-16(5-3-8)11-7-9(17(19)20)6-10(13)15-11/h6-8H,2-5H2,1H3,(H,14,18). The molecule has 0 saturated carbocycles. The van der Waals surface area contributed by atoms with Gasteiger partial charge in [-0.25, -0.2) is 4.98 Å². The largest absolute Gasteiger partial charge is 0.359 e. The number of carbonyl (C=O) groups excluding carboxylic acids is 1. The summed E-state index contributed by atoms with van der Waals surface area (Å²) in [5.74, 6) is 0.514. The van der Waals surface area contributed by atoms with E-state index in [0.29, 0.717) is 31.7 Å². The van der Waals surface area contributed by atoms with Crippen LogP contribution in [0.3, 0.4) is 0 Å². The molecule has 0 radical (unpaired) electrons. The number of pyridine rings is 1. The molecule has 0 atom stereocenters. The molecule has 0 bridgehead atoms. The Hall–Kier alpha value is -1.89. The third-order valence-corrected chi connectivity index (χ3v) is 3.61. The summed E-state index contributed by atoms with van der Waals surface area (Å²) >= 11 is 5.81. The highest BCUT2D eigenvalue weighted by Crippen LogP contribution is 2.27. The van der Waals surface area contributed by atoms with Crippen molar-refractivity contribution in [2.45, 2.75) is 12.8 Å². The van der Waals surface area contributed by atoms with Crippen LogP contribution in [0.4, 0.5) is 11.5 Å². The lowest BCUT2D eigenvalue weighted by atomic mass is 9.96. The van der Waals surface area contributed by atoms with Crippen LogP contribution in [0, 0.1) is 16.0 Å². The molecule has 7 nitrogen and oxygen atoms in total. The molecule has 0 unspecified atom stereocenters. The van der Waals surface area contributed by atoms with E-state index < -0.39 is 4.92 Å². The van der Waals surface area contributed by atoms with Gasteiger partial charge >= 0.3 is 0 Å². The highest BCUT2D eigenvalue weighted by molar-refractivity contribution is 6.29. The summed E-state index contributed by atoms with van der Waals surface area (Å²) < 4.78 is 0. The number of amides is 1. The first-order chi connectivity index (χ1) is 9.51. The average Bonchev–Trinajstić information content (AvgIpc) is 2.46. The Morgan fingerprint density at radius 2 is 2.15 bits per heavy atom. The van der Waals surface area contributed by atoms with Crippen molar-refractivity contribution in [3.63, 3.8) is 0 Å². The number of halogens is 1. The number of carbonyl (C=O) groups is 1. The van der Waals surface area contributed by atoms with Gasteiger partial charge in [0.25, 0.3) is 5.69 Å². The Labute approximate surface area is 121 Å². The van der Waals surface area contributed by atoms with E-state index in [2.05, 4.69) is 10.3 Å². The van der Waals surface area contributed by atoms with Crippen LogP contribution in [0.1, 0.15) is 12.8 Å². The summed E-state index contributed by atoms with van der Waals surface area (Å²) in [4.78, 5) is 27.9. The second-order valence-corrected chi connectivity index (χ2v) is 5.03. The monoisotopic (exact) mass is 298 g/mol. The molecule has 1 aromatic heterocycles. The number of aromatic nitrogens is 1. The molecule has 1 N–H and O–H groups in total. The van der Waals surface area contributed by atoms with Crippen molar-refractivity contribution in [3.05, 3.63) is 27.4 Å². The van der Waals surface area contributed by atoms with Crippen LogP contribution in [0.15, 0.2) is 12.1 Å². The number of hydrogen-bond donors (Lipinski definition) is 1. The van der Waals surface area contributed by atoms with E-state index in [4.69, 9.17) is 11.6 Å². The molecule has 8 heteroatoms. The van der Waals surface area contributed by atoms with Gasteiger partial charge in [-0.05, 0) is 12.8 Å². The summed E-state index contributed by atoms with van der Waals surface area (Å²) in [6.45, 7) is 1.26. The Morgan fingerprint density at radius 3 is 2.70 bits per heavy atom. The third kappa shape index (κ3) is 3.16. The highest BCUT2D eigenvalue weighted by Gasteiger charge is 2.25. The zero-order valence-electron chi connectivity index (χ0n) is 11.0. The van der Waals surface area contributed by atoms with Gasteiger partial charge in [-0.1, -0.05) is 11.6 Å². The van der Waals surface area contributed by atoms with E-state index in [1.165, 1.54) is 12.1 Å². The van der Waals surface area contributed by atoms with Crippen LogP contribution in [-0.4, -0.2) is 36.0 Å². The van der Waals surface area contributed by atoms with E-state index in [1.54, 1.807) is 7.05 Å². The molecule has 2 rings (SSSR count). The molecule has 1 fully saturated rings. The van der Waals surface area contributed by atoms with E-state index in [-0.39, 0.29) is 22.7 Å². The molecule has 0 aliphatic carbocycles. The number of nitrogens with zero attached hydrogens (tertiary/aromatic N) is 3. The number of hydrogen-bond acceptors (Lipinski definition) is 5. The summed E-state index contributed by atoms with van der Waals surface area (Å²) in [7, 11) is 1.62. The maximum atomic E-state index is 11.6. The van der Waals surface area contributed by atoms with Gasteiger partial charge in [-0.15, -0.1) is 0 Å². The lowest BCUT2D eigenvalue weighted by molar-refractivity contribution is -0.384. The molecule has 1 aliphatic rings. The fourth-order valence-corrected chi connectivity index (χ4v) is 2.51. The normalized spacial score (nSPS) is 16.0. The Bertz CT molecular complexity index is 529. The Kier molecular flexibility index (Phi) is 4.39. The summed E-state index contributed by atoms with van der Waals surface area (Å²) in [6.07, 6.45) is 1.39. The second-order valence-electron chi connectivity index (χ2n) is 4.64. The fraction of sp³-hybridized carbons (Fsp3) is 0.500. The van der Waals surface area contributed by atoms with Crippen molar-refractivity contribution >= 4 is 29.0 Å². The minimum atomic E-state index is -0.492. The zero-order valence-corrected chi connectivity index (χ0v) is 11.8. The quantitative estimate of drug-likeness (QED) is 0.520. The third-order valence-electron chi connectivity index (χ3n) is 3.41. The zero-order chi connectivity index (χ0) is 14.7. The van der Waals surface area contributed by atoms with E-state index >= 15 is 0 Å². The van der Waals surface area contributed by atoms with Gasteiger partial charge < -0.3 is 10.2 Å². The number of nitro groups is 1. The van der Waals surface area contributed by atoms with Crippen molar-refractivity contribution in [2.24, 2.45) is 5.92 Å². The van der Waals surface area contributed by atoms with Crippen LogP contribution in [0.5, 0.6) is 0 Å². The van der Waals surface area contributed by atoms with Crippen LogP contribution < -0.4 is 10.2 Å². The first-order valence-electron chi connectivity index (χ1n) is 6.30. The Balaban J connectivity index is 2.10. The maximum Gasteiger partial charge on any atom is 0.276 e. The molecule has 20 heavy (non-hydrogen) atoms. The molecule has 1 aliphatic heterocycles. The van der Waals surface area contributed by atoms with Crippen molar-refractivity contribution in [1.82, 2.24) is 10.3 Å². The van der Waals surface area contributed by atoms with Crippen molar-refractivity contribution in [1.29, 1.82) is 0 Å². The Morgan fingerprint density at radius 1 is 1.50 bits per heavy atom. The molecule has 1 saturated heterocycles. The predicted molar refractivity (Wildman–Crippen MR) is 74.9 cm³/mol. The van der Waals surface area contributed by atoms with Crippen molar-refractivity contribution < 1.29 is 9.72 Å². The molecule has 1 amide bonds. The minimum absolute atomic E-state index is 0.00887. The predicted octanol–water partition coefficient (Wildman–Crippen LogP) is 1.61. The lowest BCUT2D eigenvalue weighted by Crippen LogP contribution is -2.39. The summed E-state index contributed by atoms with van der Waals surface area (Å²) in [5, 5.41) is 13.6. The van der Waals surface area contributed by atoms with E-state index in [9.17, 15) is 14.9 Å². The van der Waals surface area contributed by atoms with Gasteiger partial charge in [0.15, 0.2) is 0 Å². The van der Waals surface area contributed by atoms with E-state index in [0.717, 1.165) is 0 Å². The van der Waals surface area contributed by atoms with Gasteiger partial charge in [0, 0.05) is 26.1 Å². The van der Waals surface area contributed by atoms with Crippen LogP contribution >= 0.6 is 11.6 Å². The van der Waals surface area contributed by atoms with Crippen LogP contribution in [0.25, 0.3) is 0 Å². The second kappa shape index (κ2) is 6.04. The SMILES string of the molecule is CNC(=O)C1CCN(c2cc([N+](=O)[O-])cc(Cl)n2)CC1. The fourth-order valence-electron chi connectivity index (χ4n) is 2.31. The van der Waals surface area contributed by atoms with E-state index in [1.807, 2.05) is 4.90 Å². The van der Waals surface area contributed by atoms with Crippen LogP contribution in [-0.2, 0) is 4.79 Å². The number of rotatable bonds is 3. The lowest BCUT2D eigenvalue weighted by Gasteiger charge is -2.31. The van der Waals surface area contributed by atoms with Gasteiger partial charge in [-0.3, -0.25) is 14.9 Å². The smallest absolute Gasteiger partial charge is 0.276 e. The highest BCUT2D eigenvalue weighted by atomic mass is 35.5. The average molecular weight is 299 g/mol. The molecular formula is C12H15ClN4O3. The van der Waals surface area contributed by atoms with Gasteiger partial charge in [0.1, 0.15) is 11.0 Å². The van der Waals surface area contributed by atoms with Crippen LogP contribution in [0.2, 0.25) is 5.15 Å². The number of nitrogens with one attached hydrogen (secondary N) is 1. The summed E-state index contributed by atoms with van der Waals surface area (Å²) in [5.41, 5.74) is -0.0755. The first-order valence-corrected chi connectivity index (χ1v) is 6.67. The molecule has 0 spiro atoms. The molecular weight excluding hydrogens is 284 g/mol. The molecule has 0 aromatic carbocycles. The van der Waals surface area contributed by atoms with Gasteiger partial charge in [0.05, 0.1) is 17.1 Å². The number of anilines is 1. The van der Waals surface area contributed by atoms with Crippen molar-refractivity contribution in [2.75, 3.05) is 25.0 Å². The molecule has 108 valence electrons. The van der Waals surface area contributed by atoms with Crippen molar-refractivity contribution in [3.8, 4) is 0 Å². The molecule has 1 aromatic rings. The topological polar surface area (TPSA) is 88.4 Å². The molecule has 2 heterocycles. The first kappa shape index (κ1) is 14.5. The van der Waals surface area contributed by atoms with Gasteiger partial charge in [-0.2, -0.15) is 0 Å². The van der Waals surface area contributed by atoms with Gasteiger partial charge in [0.2, 0.25) is 5.91 Å². The minimum Gasteiger partial charge on any atom is -0.359 e.